The Balaban J connectivity index is 2.96. The summed E-state index contributed by atoms with van der Waals surface area (Å²) < 4.78 is 47.2. The Kier molecular flexibility index (Phi) is 4.41. The average molecular weight is 244 g/mol. The van der Waals surface area contributed by atoms with E-state index in [1.165, 1.54) is 7.11 Å². The molecule has 3 nitrogen and oxygen atoms in total. The highest BCUT2D eigenvalue weighted by molar-refractivity contribution is 6.73. The fourth-order valence-corrected chi connectivity index (χ4v) is 1.19. The SMILES string of the molecule is COCCOc1cc([B-](F)(F)F)ccc1C#N. The second kappa shape index (κ2) is 5.59. The fraction of sp³-hybridized carbons (Fsp3) is 0.300. The molecule has 0 heterocycles. The van der Waals surface area contributed by atoms with Gasteiger partial charge in [-0.2, -0.15) is 5.26 Å². The highest BCUT2D eigenvalue weighted by Crippen LogP contribution is 2.19. The highest BCUT2D eigenvalue weighted by atomic mass is 19.4. The summed E-state index contributed by atoms with van der Waals surface area (Å²) in [5.74, 6) is -0.0683. The van der Waals surface area contributed by atoms with E-state index in [9.17, 15) is 12.9 Å². The Hall–Kier alpha value is -1.68. The molecule has 0 saturated carbocycles. The molecule has 7 heteroatoms. The van der Waals surface area contributed by atoms with E-state index in [1.807, 2.05) is 0 Å². The van der Waals surface area contributed by atoms with E-state index in [-0.39, 0.29) is 24.5 Å². The molecule has 1 aromatic rings. The zero-order valence-corrected chi connectivity index (χ0v) is 9.12. The van der Waals surface area contributed by atoms with Gasteiger partial charge >= 0.3 is 6.98 Å². The first-order chi connectivity index (χ1) is 7.99. The Morgan fingerprint density at radius 1 is 1.29 bits per heavy atom. The number of methoxy groups -OCH3 is 1. The number of nitriles is 1. The van der Waals surface area contributed by atoms with E-state index < -0.39 is 12.4 Å². The Labute approximate surface area is 96.8 Å². The number of hydrogen-bond acceptors (Lipinski definition) is 3. The van der Waals surface area contributed by atoms with Crippen LogP contribution in [0.25, 0.3) is 0 Å². The smallest absolute Gasteiger partial charge is 0.490 e. The first-order valence-corrected chi connectivity index (χ1v) is 4.84. The van der Waals surface area contributed by atoms with Gasteiger partial charge in [0.15, 0.2) is 0 Å². The number of halogens is 3. The van der Waals surface area contributed by atoms with E-state index in [4.69, 9.17) is 14.7 Å². The summed E-state index contributed by atoms with van der Waals surface area (Å²) in [6.07, 6.45) is 0. The molecular weight excluding hydrogens is 234 g/mol. The maximum absolute atomic E-state index is 12.5. The van der Waals surface area contributed by atoms with Crippen LogP contribution in [0.15, 0.2) is 18.2 Å². The van der Waals surface area contributed by atoms with Crippen molar-refractivity contribution < 1.29 is 22.4 Å². The van der Waals surface area contributed by atoms with E-state index in [2.05, 4.69) is 0 Å². The lowest BCUT2D eigenvalue weighted by Gasteiger charge is -2.16. The lowest BCUT2D eigenvalue weighted by atomic mass is 9.79. The molecule has 1 aromatic carbocycles. The van der Waals surface area contributed by atoms with Crippen LogP contribution in [0.2, 0.25) is 0 Å². The van der Waals surface area contributed by atoms with Gasteiger partial charge in [0, 0.05) is 7.11 Å². The molecule has 92 valence electrons. The molecule has 1 rings (SSSR count). The van der Waals surface area contributed by atoms with Crippen LogP contribution in [0, 0.1) is 11.3 Å². The van der Waals surface area contributed by atoms with Gasteiger partial charge in [0.25, 0.3) is 0 Å². The predicted molar refractivity (Wildman–Crippen MR) is 57.2 cm³/mol. The van der Waals surface area contributed by atoms with Gasteiger partial charge in [-0.1, -0.05) is 6.07 Å². The van der Waals surface area contributed by atoms with Crippen LogP contribution in [0.3, 0.4) is 0 Å². The monoisotopic (exact) mass is 244 g/mol. The third kappa shape index (κ3) is 3.68. The van der Waals surface area contributed by atoms with Gasteiger partial charge in [-0.15, -0.1) is 5.46 Å². The number of rotatable bonds is 5. The molecule has 0 amide bonds. The number of benzene rings is 1. The molecule has 0 saturated heterocycles. The summed E-state index contributed by atoms with van der Waals surface area (Å²) in [6.45, 7) is -4.75. The Morgan fingerprint density at radius 3 is 2.53 bits per heavy atom. The fourth-order valence-electron chi connectivity index (χ4n) is 1.19. The van der Waals surface area contributed by atoms with Crippen LogP contribution in [0.4, 0.5) is 12.9 Å². The van der Waals surface area contributed by atoms with E-state index in [1.54, 1.807) is 6.07 Å². The molecule has 0 N–H and O–H groups in total. The van der Waals surface area contributed by atoms with Crippen LogP contribution in [0.5, 0.6) is 5.75 Å². The summed E-state index contributed by atoms with van der Waals surface area (Å²) in [4.78, 5) is 0. The van der Waals surface area contributed by atoms with Crippen molar-refractivity contribution in [1.82, 2.24) is 0 Å². The van der Waals surface area contributed by atoms with Gasteiger partial charge in [-0.3, -0.25) is 0 Å². The van der Waals surface area contributed by atoms with E-state index in [0.717, 1.165) is 18.2 Å². The number of nitrogens with zero attached hydrogens (tertiary/aromatic N) is 1. The van der Waals surface area contributed by atoms with Crippen molar-refractivity contribution in [2.75, 3.05) is 20.3 Å². The van der Waals surface area contributed by atoms with Crippen molar-refractivity contribution in [3.8, 4) is 11.8 Å². The molecule has 0 unspecified atom stereocenters. The number of ether oxygens (including phenoxy) is 2. The molecule has 0 radical (unpaired) electrons. The molecule has 0 spiro atoms. The van der Waals surface area contributed by atoms with Crippen molar-refractivity contribution in [2.24, 2.45) is 0 Å². The third-order valence-electron chi connectivity index (χ3n) is 2.05. The quantitative estimate of drug-likeness (QED) is 0.584. The summed E-state index contributed by atoms with van der Waals surface area (Å²) in [6, 6.07) is 4.60. The Morgan fingerprint density at radius 2 is 2.00 bits per heavy atom. The molecule has 0 bridgehead atoms. The van der Waals surface area contributed by atoms with Gasteiger partial charge in [-0.25, -0.2) is 0 Å². The molecule has 0 aromatic heterocycles. The first kappa shape index (κ1) is 13.4. The van der Waals surface area contributed by atoms with Crippen LogP contribution < -0.4 is 10.2 Å². The minimum absolute atomic E-state index is 0.0683. The summed E-state index contributed by atoms with van der Waals surface area (Å²) in [5.41, 5.74) is -0.707. The van der Waals surface area contributed by atoms with Gasteiger partial charge < -0.3 is 22.4 Å². The largest absolute Gasteiger partial charge is 0.509 e. The number of hydrogen-bond donors (Lipinski definition) is 0. The molecule has 0 aliphatic rings. The normalized spacial score (nSPS) is 11.0. The molecule has 0 fully saturated rings. The second-order valence-corrected chi connectivity index (χ2v) is 3.28. The molecular formula is C10H10BF3NO2-. The van der Waals surface area contributed by atoms with Gasteiger partial charge in [0.2, 0.25) is 0 Å². The van der Waals surface area contributed by atoms with Crippen molar-refractivity contribution in [2.45, 2.75) is 0 Å². The summed E-state index contributed by atoms with van der Waals surface area (Å²) in [7, 11) is 1.45. The van der Waals surface area contributed by atoms with Crippen molar-refractivity contribution in [1.29, 1.82) is 5.26 Å². The summed E-state index contributed by atoms with van der Waals surface area (Å²) >= 11 is 0. The first-order valence-electron chi connectivity index (χ1n) is 4.84. The van der Waals surface area contributed by atoms with Crippen molar-refractivity contribution in [3.63, 3.8) is 0 Å². The highest BCUT2D eigenvalue weighted by Gasteiger charge is 2.26. The minimum atomic E-state index is -5.09. The molecule has 0 atom stereocenters. The predicted octanol–water partition coefficient (Wildman–Crippen LogP) is 1.64. The molecule has 0 aliphatic carbocycles. The second-order valence-electron chi connectivity index (χ2n) is 3.28. The summed E-state index contributed by atoms with van der Waals surface area (Å²) in [5, 5.41) is 8.73. The van der Waals surface area contributed by atoms with Gasteiger partial charge in [0.1, 0.15) is 18.4 Å². The molecule has 0 aliphatic heterocycles. The zero-order valence-electron chi connectivity index (χ0n) is 9.12. The topological polar surface area (TPSA) is 42.2 Å². The van der Waals surface area contributed by atoms with Gasteiger partial charge in [-0.05, 0) is 12.1 Å². The van der Waals surface area contributed by atoms with Gasteiger partial charge in [0.05, 0.1) is 12.2 Å². The van der Waals surface area contributed by atoms with Crippen LogP contribution >= 0.6 is 0 Å². The van der Waals surface area contributed by atoms with Crippen LogP contribution in [0.1, 0.15) is 5.56 Å². The maximum atomic E-state index is 12.5. The van der Waals surface area contributed by atoms with E-state index >= 15 is 0 Å². The van der Waals surface area contributed by atoms with Crippen molar-refractivity contribution >= 4 is 12.4 Å². The Bertz CT molecular complexity index is 429. The van der Waals surface area contributed by atoms with Crippen LogP contribution in [-0.2, 0) is 4.74 Å². The van der Waals surface area contributed by atoms with Crippen molar-refractivity contribution in [3.05, 3.63) is 23.8 Å². The zero-order chi connectivity index (χ0) is 12.9. The lowest BCUT2D eigenvalue weighted by molar-refractivity contribution is 0.146. The van der Waals surface area contributed by atoms with Crippen LogP contribution in [-0.4, -0.2) is 27.3 Å². The molecule has 17 heavy (non-hydrogen) atoms. The third-order valence-corrected chi connectivity index (χ3v) is 2.05. The maximum Gasteiger partial charge on any atom is 0.509 e. The van der Waals surface area contributed by atoms with E-state index in [0.29, 0.717) is 0 Å². The lowest BCUT2D eigenvalue weighted by Crippen LogP contribution is -2.34. The standard InChI is InChI=1S/C10H10BF3NO2/c1-16-4-5-17-10-6-9(11(12,13)14)3-2-8(10)7-15/h2-3,6H,4-5H2,1H3/q-1. The average Bonchev–Trinajstić information content (AvgIpc) is 2.28. The minimum Gasteiger partial charge on any atom is -0.490 e.